The summed E-state index contributed by atoms with van der Waals surface area (Å²) < 4.78 is 2.33. The van der Waals surface area contributed by atoms with E-state index in [-0.39, 0.29) is 0 Å². The van der Waals surface area contributed by atoms with Crippen LogP contribution in [0.1, 0.15) is 35.0 Å². The van der Waals surface area contributed by atoms with Gasteiger partial charge in [-0.2, -0.15) is 0 Å². The van der Waals surface area contributed by atoms with Gasteiger partial charge >= 0.3 is 5.97 Å². The van der Waals surface area contributed by atoms with Crippen molar-refractivity contribution in [2.45, 2.75) is 33.2 Å². The lowest BCUT2D eigenvalue weighted by atomic mass is 10.1. The lowest BCUT2D eigenvalue weighted by Gasteiger charge is -2.18. The molecule has 2 aromatic rings. The second-order valence-electron chi connectivity index (χ2n) is 5.85. The topological polar surface area (TPSA) is 45.5 Å². The first kappa shape index (κ1) is 14.1. The quantitative estimate of drug-likeness (QED) is 0.943. The molecule has 0 saturated heterocycles. The van der Waals surface area contributed by atoms with Crippen molar-refractivity contribution in [2.24, 2.45) is 0 Å². The Hall–Kier alpha value is -1.81. The molecule has 0 radical (unpaired) electrons. The van der Waals surface area contributed by atoms with Gasteiger partial charge in [0.05, 0.1) is 5.56 Å². The molecular weight excluding hydrogens is 264 g/mol. The summed E-state index contributed by atoms with van der Waals surface area (Å²) in [6.07, 6.45) is 2.22. The zero-order valence-electron chi connectivity index (χ0n) is 12.7. The van der Waals surface area contributed by atoms with Gasteiger partial charge in [-0.25, -0.2) is 4.79 Å². The molecule has 1 aromatic carbocycles. The summed E-state index contributed by atoms with van der Waals surface area (Å²) in [6.45, 7) is 8.60. The third kappa shape index (κ3) is 2.44. The molecule has 3 rings (SSSR count). The fourth-order valence-electron chi connectivity index (χ4n) is 3.44. The average molecular weight is 286 g/mol. The van der Waals surface area contributed by atoms with E-state index in [0.717, 1.165) is 38.1 Å². The lowest BCUT2D eigenvalue weighted by Crippen LogP contribution is -2.27. The van der Waals surface area contributed by atoms with Crippen molar-refractivity contribution in [3.63, 3.8) is 0 Å². The summed E-state index contributed by atoms with van der Waals surface area (Å²) >= 11 is 0. The highest BCUT2D eigenvalue weighted by molar-refractivity contribution is 5.95. The Morgan fingerprint density at radius 3 is 2.81 bits per heavy atom. The number of aromatic nitrogens is 1. The summed E-state index contributed by atoms with van der Waals surface area (Å²) in [7, 11) is 0. The number of aromatic carboxylic acids is 1. The normalized spacial score (nSPS) is 15.9. The van der Waals surface area contributed by atoms with Gasteiger partial charge < -0.3 is 14.6 Å². The van der Waals surface area contributed by atoms with Crippen LogP contribution < -0.4 is 0 Å². The van der Waals surface area contributed by atoms with Gasteiger partial charge in [0.15, 0.2) is 0 Å². The van der Waals surface area contributed by atoms with Crippen LogP contribution in [0.4, 0.5) is 0 Å². The number of carbonyl (C=O) groups is 1. The van der Waals surface area contributed by atoms with Gasteiger partial charge in [0.1, 0.15) is 0 Å². The number of nitrogens with zero attached hydrogens (tertiary/aromatic N) is 2. The van der Waals surface area contributed by atoms with Gasteiger partial charge in [-0.3, -0.25) is 0 Å². The van der Waals surface area contributed by atoms with Gasteiger partial charge in [-0.15, -0.1) is 0 Å². The lowest BCUT2D eigenvalue weighted by molar-refractivity contribution is 0.0697. The van der Waals surface area contributed by atoms with Crippen molar-refractivity contribution in [1.82, 2.24) is 9.47 Å². The van der Waals surface area contributed by atoms with Crippen molar-refractivity contribution in [3.05, 3.63) is 35.0 Å². The molecule has 0 spiro atoms. The summed E-state index contributed by atoms with van der Waals surface area (Å²) in [5.74, 6) is -0.855. The summed E-state index contributed by atoms with van der Waals surface area (Å²) in [5.41, 5.74) is 4.12. The average Bonchev–Trinajstić information content (AvgIpc) is 2.63. The molecule has 0 atom stereocenters. The van der Waals surface area contributed by atoms with E-state index >= 15 is 0 Å². The van der Waals surface area contributed by atoms with E-state index in [4.69, 9.17) is 0 Å². The van der Waals surface area contributed by atoms with Crippen LogP contribution >= 0.6 is 0 Å². The molecule has 0 fully saturated rings. The van der Waals surface area contributed by atoms with Crippen LogP contribution in [0.15, 0.2) is 18.2 Å². The van der Waals surface area contributed by atoms with E-state index in [0.29, 0.717) is 5.56 Å². The Morgan fingerprint density at radius 2 is 2.10 bits per heavy atom. The molecule has 0 amide bonds. The molecule has 1 N–H and O–H groups in total. The van der Waals surface area contributed by atoms with Crippen molar-refractivity contribution < 1.29 is 9.90 Å². The van der Waals surface area contributed by atoms with Crippen LogP contribution in [0.3, 0.4) is 0 Å². The van der Waals surface area contributed by atoms with E-state index in [1.807, 2.05) is 12.1 Å². The third-order valence-electron chi connectivity index (χ3n) is 4.54. The van der Waals surface area contributed by atoms with Crippen LogP contribution in [0, 0.1) is 6.92 Å². The molecule has 1 aliphatic heterocycles. The maximum Gasteiger partial charge on any atom is 0.335 e. The molecule has 2 heterocycles. The Bertz CT molecular complexity index is 688. The predicted molar refractivity (Wildman–Crippen MR) is 84.1 cm³/mol. The number of hydrogen-bond donors (Lipinski definition) is 1. The Kier molecular flexibility index (Phi) is 3.72. The van der Waals surface area contributed by atoms with Gasteiger partial charge in [0.2, 0.25) is 0 Å². The van der Waals surface area contributed by atoms with Crippen molar-refractivity contribution in [3.8, 4) is 0 Å². The van der Waals surface area contributed by atoms with Crippen LogP contribution in [0.5, 0.6) is 0 Å². The second-order valence-corrected chi connectivity index (χ2v) is 5.85. The molecule has 4 heteroatoms. The molecule has 0 unspecified atom stereocenters. The fraction of sp³-hybridized carbons (Fsp3) is 0.471. The van der Waals surface area contributed by atoms with Gasteiger partial charge in [-0.1, -0.05) is 13.0 Å². The van der Waals surface area contributed by atoms with Crippen molar-refractivity contribution in [2.75, 3.05) is 19.6 Å². The number of benzene rings is 1. The Labute approximate surface area is 125 Å². The first-order chi connectivity index (χ1) is 10.1. The molecule has 1 aromatic heterocycles. The van der Waals surface area contributed by atoms with Crippen molar-refractivity contribution in [1.29, 1.82) is 0 Å². The second kappa shape index (κ2) is 5.53. The SMILES string of the molecule is CCCN1CCc2c(C)c3ccc(C(=O)O)cc3n2CC1. The van der Waals surface area contributed by atoms with Crippen molar-refractivity contribution >= 4 is 16.9 Å². The van der Waals surface area contributed by atoms with Gasteiger partial charge in [0.25, 0.3) is 0 Å². The molecule has 0 bridgehead atoms. The van der Waals surface area contributed by atoms with Gasteiger partial charge in [0, 0.05) is 42.7 Å². The number of hydrogen-bond acceptors (Lipinski definition) is 2. The first-order valence-corrected chi connectivity index (χ1v) is 7.69. The number of fused-ring (bicyclic) bond motifs is 3. The maximum atomic E-state index is 11.2. The van der Waals surface area contributed by atoms with Crippen LogP contribution in [-0.4, -0.2) is 40.2 Å². The molecular formula is C17H22N2O2. The summed E-state index contributed by atoms with van der Waals surface area (Å²) in [6, 6.07) is 5.49. The number of carboxylic acids is 1. The number of aryl methyl sites for hydroxylation is 1. The molecule has 0 aliphatic carbocycles. The molecule has 112 valence electrons. The zero-order chi connectivity index (χ0) is 15.0. The highest BCUT2D eigenvalue weighted by atomic mass is 16.4. The minimum atomic E-state index is -0.855. The van der Waals surface area contributed by atoms with E-state index < -0.39 is 5.97 Å². The zero-order valence-corrected chi connectivity index (χ0v) is 12.7. The molecule has 4 nitrogen and oxygen atoms in total. The number of rotatable bonds is 3. The molecule has 1 aliphatic rings. The summed E-state index contributed by atoms with van der Waals surface area (Å²) in [4.78, 5) is 13.7. The maximum absolute atomic E-state index is 11.2. The largest absolute Gasteiger partial charge is 0.478 e. The third-order valence-corrected chi connectivity index (χ3v) is 4.54. The Morgan fingerprint density at radius 1 is 1.29 bits per heavy atom. The van der Waals surface area contributed by atoms with Crippen LogP contribution in [0.25, 0.3) is 10.9 Å². The monoisotopic (exact) mass is 286 g/mol. The minimum absolute atomic E-state index is 0.373. The predicted octanol–water partition coefficient (Wildman–Crippen LogP) is 2.92. The fourth-order valence-corrected chi connectivity index (χ4v) is 3.44. The first-order valence-electron chi connectivity index (χ1n) is 7.69. The van der Waals surface area contributed by atoms with Gasteiger partial charge in [-0.05, 0) is 37.6 Å². The minimum Gasteiger partial charge on any atom is -0.478 e. The molecule has 0 saturated carbocycles. The van der Waals surface area contributed by atoms with E-state index in [1.54, 1.807) is 6.07 Å². The summed E-state index contributed by atoms with van der Waals surface area (Å²) in [5, 5.41) is 10.4. The Balaban J connectivity index is 2.05. The highest BCUT2D eigenvalue weighted by Gasteiger charge is 2.19. The van der Waals surface area contributed by atoms with E-state index in [9.17, 15) is 9.90 Å². The van der Waals surface area contributed by atoms with Crippen LogP contribution in [-0.2, 0) is 13.0 Å². The smallest absolute Gasteiger partial charge is 0.335 e. The standard InChI is InChI=1S/C17H22N2O2/c1-3-7-18-8-6-15-12(2)14-5-4-13(17(20)21)11-16(14)19(15)10-9-18/h4-5,11H,3,6-10H2,1-2H3,(H,20,21). The number of carboxylic acid groups (broad SMARTS) is 1. The van der Waals surface area contributed by atoms with Crippen LogP contribution in [0.2, 0.25) is 0 Å². The van der Waals surface area contributed by atoms with E-state index in [1.165, 1.54) is 23.1 Å². The molecule has 21 heavy (non-hydrogen) atoms. The highest BCUT2D eigenvalue weighted by Crippen LogP contribution is 2.28. The van der Waals surface area contributed by atoms with E-state index in [2.05, 4.69) is 23.3 Å².